The molecule has 0 rings (SSSR count). The van der Waals surface area contributed by atoms with Crippen LogP contribution >= 0.6 is 8.25 Å². The molecule has 74 valence electrons. The first-order valence-corrected chi connectivity index (χ1v) is 4.32. The average molecular weight is 209 g/mol. The Morgan fingerprint density at radius 1 is 1.38 bits per heavy atom. The van der Waals surface area contributed by atoms with Gasteiger partial charge in [-0.05, 0) is 0 Å². The second-order valence-corrected chi connectivity index (χ2v) is 2.72. The van der Waals surface area contributed by atoms with Crippen molar-refractivity contribution in [3.8, 4) is 0 Å². The van der Waals surface area contributed by atoms with E-state index in [1.807, 2.05) is 0 Å². The second kappa shape index (κ2) is 7.60. The van der Waals surface area contributed by atoms with Crippen LogP contribution in [0.5, 0.6) is 0 Å². The number of carbonyl (C=O) groups is 2. The third-order valence-electron chi connectivity index (χ3n) is 0.850. The molecule has 1 amide bonds. The van der Waals surface area contributed by atoms with Crippen LogP contribution in [0.1, 0.15) is 13.8 Å². The van der Waals surface area contributed by atoms with E-state index in [9.17, 15) is 9.59 Å². The van der Waals surface area contributed by atoms with E-state index in [0.717, 1.165) is 0 Å². The number of hydrogen-bond acceptors (Lipinski definition) is 3. The van der Waals surface area contributed by atoms with Crippen molar-refractivity contribution in [2.24, 2.45) is 5.92 Å². The molecule has 0 aromatic carbocycles. The minimum Gasteiger partial charge on any atom is -0.499 e. The molecule has 0 fully saturated rings. The molecule has 0 aromatic rings. The lowest BCUT2D eigenvalue weighted by Crippen LogP contribution is -2.71. The van der Waals surface area contributed by atoms with Gasteiger partial charge in [-0.15, -0.1) is 9.79 Å². The minimum atomic E-state index is -2.87. The molecular weight excluding hydrogens is 199 g/mol. The van der Waals surface area contributed by atoms with E-state index in [-0.39, 0.29) is 5.92 Å². The van der Waals surface area contributed by atoms with E-state index < -0.39 is 19.9 Å². The summed E-state index contributed by atoms with van der Waals surface area (Å²) >= 11 is 0. The molecule has 0 aliphatic heterocycles. The van der Waals surface area contributed by atoms with Crippen LogP contribution in [-0.2, 0) is 14.2 Å². The predicted molar refractivity (Wildman–Crippen MR) is 41.2 cm³/mol. The molecule has 7 nitrogen and oxygen atoms in total. The lowest BCUT2D eigenvalue weighted by atomic mass is 10.1. The summed E-state index contributed by atoms with van der Waals surface area (Å²) in [5, 5.41) is 1.26. The highest BCUT2D eigenvalue weighted by Crippen LogP contribution is 1.98. The molecule has 8 heteroatoms. The lowest BCUT2D eigenvalue weighted by molar-refractivity contribution is -0.392. The quantitative estimate of drug-likeness (QED) is 0.288. The molecule has 0 aromatic heterocycles. The fraction of sp³-hybridized carbons (Fsp3) is 0.600. The van der Waals surface area contributed by atoms with E-state index >= 15 is 0 Å². The van der Waals surface area contributed by atoms with Crippen molar-refractivity contribution in [1.82, 2.24) is 0 Å². The van der Waals surface area contributed by atoms with Crippen LogP contribution in [0.3, 0.4) is 0 Å². The van der Waals surface area contributed by atoms with Crippen LogP contribution < -0.4 is 5.11 Å². The summed E-state index contributed by atoms with van der Waals surface area (Å²) in [4.78, 5) is 35.0. The number of ketones is 1. The highest BCUT2D eigenvalue weighted by atomic mass is 31.1. The van der Waals surface area contributed by atoms with Gasteiger partial charge < -0.3 is 5.53 Å². The molecule has 0 aliphatic rings. The molecule has 3 N–H and O–H groups in total. The summed E-state index contributed by atoms with van der Waals surface area (Å²) in [5.74, 6) is -1.93. The normalized spacial score (nSPS) is 8.38. The van der Waals surface area contributed by atoms with E-state index in [2.05, 4.69) is 0 Å². The summed E-state index contributed by atoms with van der Waals surface area (Å²) in [6, 6.07) is 0. The molecule has 13 heavy (non-hydrogen) atoms. The van der Waals surface area contributed by atoms with Gasteiger partial charge in [-0.2, -0.15) is 0 Å². The van der Waals surface area contributed by atoms with Gasteiger partial charge in [0.15, 0.2) is 0 Å². The molecule has 0 unspecified atom stereocenters. The zero-order chi connectivity index (χ0) is 11.0. The van der Waals surface area contributed by atoms with Gasteiger partial charge in [0, 0.05) is 10.5 Å². The molecule has 0 saturated heterocycles. The number of amides is 1. The van der Waals surface area contributed by atoms with Crippen molar-refractivity contribution in [1.29, 1.82) is 0 Å². The zero-order valence-corrected chi connectivity index (χ0v) is 7.99. The molecule has 0 radical (unpaired) electrons. The van der Waals surface area contributed by atoms with Gasteiger partial charge in [0.2, 0.25) is 0 Å². The lowest BCUT2D eigenvalue weighted by Gasteiger charge is -1.92. The Hall–Kier alpha value is -1.04. The van der Waals surface area contributed by atoms with Crippen molar-refractivity contribution >= 4 is 19.9 Å². The SMILES string of the molecule is CC(C)C(=O)C(=O)[NH+]=[N-].O=[P+](O)O. The largest absolute Gasteiger partial charge is 0.692 e. The molecule has 0 bridgehead atoms. The Balaban J connectivity index is 0. The van der Waals surface area contributed by atoms with E-state index in [0.29, 0.717) is 0 Å². The maximum absolute atomic E-state index is 10.5. The van der Waals surface area contributed by atoms with Gasteiger partial charge in [0.1, 0.15) is 0 Å². The number of Topliss-reactive ketones (excluding diaryl/α,β-unsaturated/α-hetero) is 1. The predicted octanol–water partition coefficient (Wildman–Crippen LogP) is -1.53. The fourth-order valence-electron chi connectivity index (χ4n) is 0.317. The van der Waals surface area contributed by atoms with E-state index in [4.69, 9.17) is 19.9 Å². The van der Waals surface area contributed by atoms with Gasteiger partial charge >= 0.3 is 14.2 Å². The highest BCUT2D eigenvalue weighted by molar-refractivity contribution is 7.30. The smallest absolute Gasteiger partial charge is 0.499 e. The molecule has 0 spiro atoms. The molecule has 0 aliphatic carbocycles. The third kappa shape index (κ3) is 11.0. The van der Waals surface area contributed by atoms with Crippen molar-refractivity contribution in [3.63, 3.8) is 0 Å². The van der Waals surface area contributed by atoms with Crippen LogP contribution in [0, 0.1) is 5.92 Å². The van der Waals surface area contributed by atoms with E-state index in [1.54, 1.807) is 13.8 Å². The maximum Gasteiger partial charge on any atom is 0.692 e. The summed E-state index contributed by atoms with van der Waals surface area (Å²) in [6.07, 6.45) is 0. The van der Waals surface area contributed by atoms with Crippen LogP contribution in [-0.4, -0.2) is 21.5 Å². The Morgan fingerprint density at radius 3 is 1.77 bits per heavy atom. The fourth-order valence-corrected chi connectivity index (χ4v) is 0.317. The topological polar surface area (TPSA) is 128 Å². The summed E-state index contributed by atoms with van der Waals surface area (Å²) < 4.78 is 8.70. The first-order valence-electron chi connectivity index (χ1n) is 3.16. The van der Waals surface area contributed by atoms with E-state index in [1.165, 1.54) is 5.11 Å². The Labute approximate surface area is 75.2 Å². The van der Waals surface area contributed by atoms with Crippen molar-refractivity contribution in [2.75, 3.05) is 0 Å². The second-order valence-electron chi connectivity index (χ2n) is 2.21. The highest BCUT2D eigenvalue weighted by Gasteiger charge is 2.19. The van der Waals surface area contributed by atoms with Crippen molar-refractivity contribution in [2.45, 2.75) is 13.8 Å². The first kappa shape index (κ1) is 14.5. The van der Waals surface area contributed by atoms with Crippen molar-refractivity contribution in [3.05, 3.63) is 5.53 Å². The number of nitrogens with zero attached hydrogens (tertiary/aromatic N) is 1. The van der Waals surface area contributed by atoms with Crippen LogP contribution in [0.15, 0.2) is 0 Å². The van der Waals surface area contributed by atoms with Gasteiger partial charge in [-0.25, -0.2) is 4.79 Å². The van der Waals surface area contributed by atoms with Crippen LogP contribution in [0.2, 0.25) is 0 Å². The van der Waals surface area contributed by atoms with Gasteiger partial charge in [0.05, 0.1) is 0 Å². The van der Waals surface area contributed by atoms with Gasteiger partial charge in [0.25, 0.3) is 5.78 Å². The number of carbonyl (C=O) groups excluding carboxylic acids is 2. The standard InChI is InChI=1S/C5H8N2O2.HO3P/c1-3(2)4(8)5(9)7-6;1-4(2)3/h3,7H,1-2H3;(H-,1,2,3)/p+1. The molecule has 0 saturated carbocycles. The Kier molecular flexibility index (Phi) is 8.47. The first-order chi connectivity index (χ1) is 5.82. The number of nitrogens with one attached hydrogen (secondary N) is 1. The third-order valence-corrected chi connectivity index (χ3v) is 0.850. The molecular formula is C5H10N2O5P+. The number of rotatable bonds is 2. The average Bonchev–Trinajstić information content (AvgIpc) is 2.00. The zero-order valence-electron chi connectivity index (χ0n) is 7.09. The summed E-state index contributed by atoms with van der Waals surface area (Å²) in [6.45, 7) is 3.16. The van der Waals surface area contributed by atoms with Crippen molar-refractivity contribution < 1.29 is 29.1 Å². The maximum atomic E-state index is 10.5. The van der Waals surface area contributed by atoms with Crippen LogP contribution in [0.25, 0.3) is 5.53 Å². The number of hydrogen-bond donors (Lipinski definition) is 3. The van der Waals surface area contributed by atoms with Gasteiger partial charge in [-0.3, -0.25) is 9.91 Å². The minimum absolute atomic E-state index is 0.364. The molecule has 0 heterocycles. The van der Waals surface area contributed by atoms with Gasteiger partial charge in [-0.1, -0.05) is 13.8 Å². The Bertz CT molecular complexity index is 223. The van der Waals surface area contributed by atoms with Crippen LogP contribution in [0.4, 0.5) is 0 Å². The monoisotopic (exact) mass is 209 g/mol. The Morgan fingerprint density at radius 2 is 1.69 bits per heavy atom. The summed E-state index contributed by atoms with van der Waals surface area (Å²) in [7, 11) is -2.87. The molecule has 0 atom stereocenters. The summed E-state index contributed by atoms with van der Waals surface area (Å²) in [5.41, 5.74) is 7.93.